The molecule has 0 radical (unpaired) electrons. The molecule has 2 atom stereocenters. The average molecular weight is 499 g/mol. The van der Waals surface area contributed by atoms with Crippen LogP contribution < -0.4 is 22.3 Å². The predicted molar refractivity (Wildman–Crippen MR) is 122 cm³/mol. The summed E-state index contributed by atoms with van der Waals surface area (Å²) in [6.45, 7) is 0.747. The Kier molecular flexibility index (Phi) is 7.89. The van der Waals surface area contributed by atoms with Gasteiger partial charge in [0, 0.05) is 30.4 Å². The molecule has 186 valence electrons. The third kappa shape index (κ3) is 5.90. The molecular weight excluding hydrogens is 471 g/mol. The van der Waals surface area contributed by atoms with Crippen LogP contribution in [0.4, 0.5) is 10.1 Å². The molecule has 1 saturated heterocycles. The quantitative estimate of drug-likeness (QED) is 0.392. The molecule has 1 amide bonds. The Labute approximate surface area is 194 Å². The molecule has 34 heavy (non-hydrogen) atoms. The van der Waals surface area contributed by atoms with Crippen LogP contribution in [0.1, 0.15) is 35.0 Å². The van der Waals surface area contributed by atoms with Crippen LogP contribution in [-0.2, 0) is 21.1 Å². The Balaban J connectivity index is 1.63. The summed E-state index contributed by atoms with van der Waals surface area (Å²) in [6, 6.07) is 3.40. The summed E-state index contributed by atoms with van der Waals surface area (Å²) in [7, 11) is -3.74. The van der Waals surface area contributed by atoms with E-state index in [4.69, 9.17) is 10.5 Å². The molecule has 1 aliphatic rings. The topological polar surface area (TPSA) is 163 Å². The van der Waals surface area contributed by atoms with Gasteiger partial charge >= 0.3 is 5.69 Å². The van der Waals surface area contributed by atoms with E-state index < -0.39 is 56.6 Å². The number of rotatable bonds is 9. The van der Waals surface area contributed by atoms with Gasteiger partial charge in [0.15, 0.2) is 9.84 Å². The number of nitrogens with two attached hydrogens (primary N) is 1. The van der Waals surface area contributed by atoms with Crippen molar-refractivity contribution in [3.05, 3.63) is 62.2 Å². The first-order valence-corrected chi connectivity index (χ1v) is 12.5. The molecule has 13 heteroatoms. The number of sulfone groups is 1. The summed E-state index contributed by atoms with van der Waals surface area (Å²) in [5.74, 6) is -2.20. The number of hydrogen-bond donors (Lipinski definition) is 3. The number of nitrogens with zero attached hydrogens (tertiary/aromatic N) is 2. The lowest BCUT2D eigenvalue weighted by atomic mass is 10.2. The zero-order valence-electron chi connectivity index (χ0n) is 18.6. The highest BCUT2D eigenvalue weighted by Gasteiger charge is 2.28. The molecule has 1 aromatic carbocycles. The number of nitrogens with one attached hydrogen (secondary N) is 1. The minimum atomic E-state index is -3.74. The molecule has 1 fully saturated rings. The van der Waals surface area contributed by atoms with Gasteiger partial charge in [0.1, 0.15) is 12.0 Å². The Morgan fingerprint density at radius 3 is 2.68 bits per heavy atom. The second kappa shape index (κ2) is 10.5. The van der Waals surface area contributed by atoms with Gasteiger partial charge < -0.3 is 20.9 Å². The number of ether oxygens (including phenoxy) is 1. The standard InChI is InChI=1S/C21H27FN4O7S/c1-13-11-26(18-5-3-15(12-27)33-18)21(30)25(20(13)29)7-9-34(31,32)8-6-24-19(28)14-2-4-16(22)17(23)10-14/h2,4,10-11,15,18,27H,3,5-9,12,23H2,1H3,(H,24,28)/t15-,18+/m0/s1. The highest BCUT2D eigenvalue weighted by Crippen LogP contribution is 2.26. The van der Waals surface area contributed by atoms with E-state index >= 15 is 0 Å². The summed E-state index contributed by atoms with van der Waals surface area (Å²) in [6.07, 6.45) is 1.34. The predicted octanol–water partition coefficient (Wildman–Crippen LogP) is -0.446. The van der Waals surface area contributed by atoms with E-state index in [1.54, 1.807) is 0 Å². The van der Waals surface area contributed by atoms with E-state index in [0.29, 0.717) is 12.8 Å². The molecular formula is C21H27FN4O7S. The number of benzene rings is 1. The van der Waals surface area contributed by atoms with Gasteiger partial charge in [-0.2, -0.15) is 0 Å². The fourth-order valence-corrected chi connectivity index (χ4v) is 4.70. The largest absolute Gasteiger partial charge is 0.396 e. The molecule has 3 rings (SSSR count). The van der Waals surface area contributed by atoms with Crippen LogP contribution in [0.2, 0.25) is 0 Å². The summed E-state index contributed by atoms with van der Waals surface area (Å²) in [5, 5.41) is 11.7. The molecule has 11 nitrogen and oxygen atoms in total. The summed E-state index contributed by atoms with van der Waals surface area (Å²) in [4.78, 5) is 37.4. The second-order valence-electron chi connectivity index (χ2n) is 8.08. The number of aromatic nitrogens is 2. The Morgan fingerprint density at radius 1 is 1.29 bits per heavy atom. The Hall–Kier alpha value is -3.03. The van der Waals surface area contributed by atoms with Crippen molar-refractivity contribution in [1.29, 1.82) is 0 Å². The van der Waals surface area contributed by atoms with Crippen molar-refractivity contribution in [2.45, 2.75) is 38.6 Å². The highest BCUT2D eigenvalue weighted by atomic mass is 32.2. The van der Waals surface area contributed by atoms with Gasteiger partial charge in [-0.3, -0.25) is 18.7 Å². The van der Waals surface area contributed by atoms with Crippen LogP contribution >= 0.6 is 0 Å². The van der Waals surface area contributed by atoms with Gasteiger partial charge in [0.05, 0.1) is 29.9 Å². The maximum absolute atomic E-state index is 13.2. The molecule has 4 N–H and O–H groups in total. The number of nitrogen functional groups attached to an aromatic ring is 1. The second-order valence-corrected chi connectivity index (χ2v) is 10.4. The molecule has 0 aliphatic carbocycles. The summed E-state index contributed by atoms with van der Waals surface area (Å²) >= 11 is 0. The maximum atomic E-state index is 13.2. The minimum absolute atomic E-state index is 0.0840. The van der Waals surface area contributed by atoms with Crippen LogP contribution in [0.3, 0.4) is 0 Å². The molecule has 0 spiro atoms. The van der Waals surface area contributed by atoms with Gasteiger partial charge in [-0.05, 0) is 38.0 Å². The van der Waals surface area contributed by atoms with Crippen LogP contribution in [0.25, 0.3) is 0 Å². The van der Waals surface area contributed by atoms with Gasteiger partial charge in [0.25, 0.3) is 11.5 Å². The van der Waals surface area contributed by atoms with Crippen molar-refractivity contribution < 1.29 is 27.4 Å². The van der Waals surface area contributed by atoms with Crippen molar-refractivity contribution >= 4 is 21.4 Å². The number of aryl methyl sites for hydroxylation is 1. The summed E-state index contributed by atoms with van der Waals surface area (Å²) < 4.78 is 45.8. The van der Waals surface area contributed by atoms with Gasteiger partial charge in [-0.25, -0.2) is 17.6 Å². The Morgan fingerprint density at radius 2 is 2.03 bits per heavy atom. The summed E-state index contributed by atoms with van der Waals surface area (Å²) in [5.41, 5.74) is 4.26. The monoisotopic (exact) mass is 498 g/mol. The number of aliphatic hydroxyl groups excluding tert-OH is 1. The number of aliphatic hydroxyl groups is 1. The van der Waals surface area contributed by atoms with Crippen LogP contribution in [0.5, 0.6) is 0 Å². The van der Waals surface area contributed by atoms with E-state index in [-0.39, 0.29) is 36.5 Å². The number of anilines is 1. The zero-order chi connectivity index (χ0) is 25.0. The average Bonchev–Trinajstić information content (AvgIpc) is 3.27. The van der Waals surface area contributed by atoms with Gasteiger partial charge in [-0.1, -0.05) is 0 Å². The molecule has 2 heterocycles. The fourth-order valence-electron chi connectivity index (χ4n) is 3.63. The number of carbonyl (C=O) groups is 1. The normalized spacial score (nSPS) is 18.2. The van der Waals surface area contributed by atoms with Crippen LogP contribution in [-0.4, -0.2) is 59.3 Å². The number of amides is 1. The zero-order valence-corrected chi connectivity index (χ0v) is 19.4. The molecule has 1 aromatic heterocycles. The SMILES string of the molecule is Cc1cn([C@H]2CC[C@@H](CO)O2)c(=O)n(CCS(=O)(=O)CCNC(=O)c2ccc(F)c(N)c2)c1=O. The third-order valence-corrected chi connectivity index (χ3v) is 7.18. The lowest BCUT2D eigenvalue weighted by Crippen LogP contribution is -2.43. The van der Waals surface area contributed by atoms with Gasteiger partial charge in [0.2, 0.25) is 0 Å². The Bertz CT molecular complexity index is 1290. The van der Waals surface area contributed by atoms with Gasteiger partial charge in [-0.15, -0.1) is 0 Å². The number of carbonyl (C=O) groups excluding carboxylic acids is 1. The first-order valence-electron chi connectivity index (χ1n) is 10.6. The van der Waals surface area contributed by atoms with E-state index in [0.717, 1.165) is 16.7 Å². The van der Waals surface area contributed by atoms with Crippen molar-refractivity contribution in [1.82, 2.24) is 14.5 Å². The third-order valence-electron chi connectivity index (χ3n) is 5.55. The highest BCUT2D eigenvalue weighted by molar-refractivity contribution is 7.91. The smallest absolute Gasteiger partial charge is 0.333 e. The molecule has 0 bridgehead atoms. The van der Waals surface area contributed by atoms with Crippen LogP contribution in [0, 0.1) is 12.7 Å². The first-order chi connectivity index (χ1) is 16.0. The molecule has 0 unspecified atom stereocenters. The fraction of sp³-hybridized carbons (Fsp3) is 0.476. The first kappa shape index (κ1) is 25.6. The van der Waals surface area contributed by atoms with Crippen molar-refractivity contribution in [3.8, 4) is 0 Å². The van der Waals surface area contributed by atoms with Crippen LogP contribution in [0.15, 0.2) is 34.0 Å². The van der Waals surface area contributed by atoms with Crippen molar-refractivity contribution in [2.24, 2.45) is 0 Å². The van der Waals surface area contributed by atoms with E-state index in [1.165, 1.54) is 23.8 Å². The maximum Gasteiger partial charge on any atom is 0.333 e. The van der Waals surface area contributed by atoms with Crippen molar-refractivity contribution in [3.63, 3.8) is 0 Å². The number of halogens is 1. The van der Waals surface area contributed by atoms with E-state index in [9.17, 15) is 32.3 Å². The molecule has 1 aliphatic heterocycles. The number of hydrogen-bond acceptors (Lipinski definition) is 8. The van der Waals surface area contributed by atoms with E-state index in [1.807, 2.05) is 0 Å². The molecule has 2 aromatic rings. The van der Waals surface area contributed by atoms with Crippen molar-refractivity contribution in [2.75, 3.05) is 30.4 Å². The molecule has 0 saturated carbocycles. The lowest BCUT2D eigenvalue weighted by molar-refractivity contribution is -0.0253. The van der Waals surface area contributed by atoms with E-state index in [2.05, 4.69) is 5.32 Å². The lowest BCUT2D eigenvalue weighted by Gasteiger charge is -2.17. The minimum Gasteiger partial charge on any atom is -0.396 e.